The number of amides is 1. The number of hydrogen-bond acceptors (Lipinski definition) is 4. The maximum absolute atomic E-state index is 11.5. The Morgan fingerprint density at radius 3 is 2.68 bits per heavy atom. The van der Waals surface area contributed by atoms with Crippen LogP contribution in [0.4, 0.5) is 4.79 Å². The van der Waals surface area contributed by atoms with E-state index in [4.69, 9.17) is 10.1 Å². The average Bonchev–Trinajstić information content (AvgIpc) is 2.43. The molecule has 0 aliphatic carbocycles. The maximum atomic E-state index is 11.5. The molecular weight excluding hydrogens is 244 g/mol. The quantitative estimate of drug-likeness (QED) is 0.740. The van der Waals surface area contributed by atoms with Crippen LogP contribution in [0.25, 0.3) is 0 Å². The molecule has 19 heavy (non-hydrogen) atoms. The van der Waals surface area contributed by atoms with Crippen LogP contribution in [-0.4, -0.2) is 24.1 Å². The first kappa shape index (κ1) is 14.9. The van der Waals surface area contributed by atoms with Crippen molar-refractivity contribution in [3.63, 3.8) is 0 Å². The molecule has 1 aromatic rings. The van der Waals surface area contributed by atoms with Crippen LogP contribution in [0.1, 0.15) is 25.3 Å². The molecule has 0 saturated carbocycles. The van der Waals surface area contributed by atoms with Crippen LogP contribution in [-0.2, 0) is 16.1 Å². The van der Waals surface area contributed by atoms with Crippen molar-refractivity contribution in [1.82, 2.24) is 5.32 Å². The Balaban J connectivity index is 2.23. The van der Waals surface area contributed by atoms with E-state index in [1.807, 2.05) is 30.3 Å². The van der Waals surface area contributed by atoms with Crippen LogP contribution in [0.5, 0.6) is 0 Å². The number of ketones is 1. The van der Waals surface area contributed by atoms with Crippen molar-refractivity contribution in [2.24, 2.45) is 0 Å². The van der Waals surface area contributed by atoms with Gasteiger partial charge >= 0.3 is 6.09 Å². The fourth-order valence-corrected chi connectivity index (χ4v) is 1.47. The van der Waals surface area contributed by atoms with Crippen LogP contribution >= 0.6 is 0 Å². The number of carbonyl (C=O) groups excluding carboxylic acids is 2. The molecule has 1 unspecified atom stereocenters. The van der Waals surface area contributed by atoms with Gasteiger partial charge in [0, 0.05) is 12.5 Å². The molecule has 1 amide bonds. The topological polar surface area (TPSA) is 79.3 Å². The highest BCUT2D eigenvalue weighted by Gasteiger charge is 2.09. The van der Waals surface area contributed by atoms with E-state index in [-0.39, 0.29) is 24.9 Å². The highest BCUT2D eigenvalue weighted by atomic mass is 16.5. The summed E-state index contributed by atoms with van der Waals surface area (Å²) in [5.74, 6) is -0.244. The van der Waals surface area contributed by atoms with Gasteiger partial charge in [-0.25, -0.2) is 4.79 Å². The molecule has 2 N–H and O–H groups in total. The van der Waals surface area contributed by atoms with Gasteiger partial charge in [-0.3, -0.25) is 4.79 Å². The minimum atomic E-state index is -0.501. The van der Waals surface area contributed by atoms with E-state index < -0.39 is 6.09 Å². The minimum Gasteiger partial charge on any atom is -0.445 e. The van der Waals surface area contributed by atoms with Crippen molar-refractivity contribution >= 4 is 18.1 Å². The van der Waals surface area contributed by atoms with Crippen LogP contribution in [0.15, 0.2) is 30.3 Å². The molecule has 0 fully saturated rings. The van der Waals surface area contributed by atoms with Gasteiger partial charge in [0.1, 0.15) is 6.61 Å². The first-order valence-electron chi connectivity index (χ1n) is 6.12. The van der Waals surface area contributed by atoms with Gasteiger partial charge in [-0.2, -0.15) is 0 Å². The summed E-state index contributed by atoms with van der Waals surface area (Å²) in [7, 11) is 0. The van der Waals surface area contributed by atoms with Crippen molar-refractivity contribution in [3.8, 4) is 0 Å². The van der Waals surface area contributed by atoms with Crippen LogP contribution in [0.2, 0.25) is 0 Å². The highest BCUT2D eigenvalue weighted by Crippen LogP contribution is 2.02. The van der Waals surface area contributed by atoms with Gasteiger partial charge in [0.25, 0.3) is 0 Å². The number of rotatable bonds is 7. The Labute approximate surface area is 112 Å². The standard InChI is InChI=1S/C14H18N2O3/c1-11(7-8-13(17)9-15)16-14(18)19-10-12-5-3-2-4-6-12/h2-6,9,11,15H,7-8,10H2,1H3,(H,16,18). The smallest absolute Gasteiger partial charge is 0.407 e. The lowest BCUT2D eigenvalue weighted by Crippen LogP contribution is -2.33. The molecule has 0 aliphatic rings. The summed E-state index contributed by atoms with van der Waals surface area (Å²) in [6.45, 7) is 2.01. The zero-order valence-electron chi connectivity index (χ0n) is 10.9. The zero-order valence-corrected chi connectivity index (χ0v) is 10.9. The third kappa shape index (κ3) is 6.35. The molecule has 1 atom stereocenters. The van der Waals surface area contributed by atoms with Gasteiger partial charge in [-0.15, -0.1) is 0 Å². The SMILES string of the molecule is CC(CCC(=O)C=N)NC(=O)OCc1ccccc1. The van der Waals surface area contributed by atoms with Crippen molar-refractivity contribution in [2.45, 2.75) is 32.4 Å². The van der Waals surface area contributed by atoms with Gasteiger partial charge in [0.2, 0.25) is 0 Å². The number of carbonyl (C=O) groups is 2. The Hall–Kier alpha value is -2.17. The summed E-state index contributed by atoms with van der Waals surface area (Å²) in [6.07, 6.45) is 1.04. The lowest BCUT2D eigenvalue weighted by molar-refractivity contribution is -0.112. The first-order chi connectivity index (χ1) is 9.11. The normalized spacial score (nSPS) is 11.4. The Kier molecular flexibility index (Phi) is 6.29. The molecule has 0 aliphatic heterocycles. The second kappa shape index (κ2) is 8.02. The number of hydrogen-bond donors (Lipinski definition) is 2. The summed E-state index contributed by atoms with van der Waals surface area (Å²) >= 11 is 0. The fourth-order valence-electron chi connectivity index (χ4n) is 1.47. The summed E-state index contributed by atoms with van der Waals surface area (Å²) in [6, 6.07) is 9.24. The zero-order chi connectivity index (χ0) is 14.1. The van der Waals surface area contributed by atoms with Crippen molar-refractivity contribution in [3.05, 3.63) is 35.9 Å². The monoisotopic (exact) mass is 262 g/mol. The van der Waals surface area contributed by atoms with Crippen LogP contribution in [0, 0.1) is 5.41 Å². The van der Waals surface area contributed by atoms with Gasteiger partial charge in [-0.05, 0) is 18.9 Å². The van der Waals surface area contributed by atoms with Crippen molar-refractivity contribution in [2.75, 3.05) is 0 Å². The summed E-state index contributed by atoms with van der Waals surface area (Å²) in [5.41, 5.74) is 0.921. The molecule has 5 nitrogen and oxygen atoms in total. The van der Waals surface area contributed by atoms with E-state index >= 15 is 0 Å². The number of Topliss-reactive ketones (excluding diaryl/α,β-unsaturated/α-hetero) is 1. The van der Waals surface area contributed by atoms with Gasteiger partial charge in [0.15, 0.2) is 5.78 Å². The molecule has 0 heterocycles. The van der Waals surface area contributed by atoms with E-state index in [9.17, 15) is 9.59 Å². The molecular formula is C14H18N2O3. The lowest BCUT2D eigenvalue weighted by Gasteiger charge is -2.13. The molecule has 1 aromatic carbocycles. The summed E-state index contributed by atoms with van der Waals surface area (Å²) in [5, 5.41) is 9.41. The van der Waals surface area contributed by atoms with E-state index in [1.165, 1.54) is 0 Å². The minimum absolute atomic E-state index is 0.160. The third-order valence-electron chi connectivity index (χ3n) is 2.56. The number of nitrogens with one attached hydrogen (secondary N) is 2. The number of alkyl carbamates (subject to hydrolysis) is 1. The molecule has 0 radical (unpaired) electrons. The number of benzene rings is 1. The van der Waals surface area contributed by atoms with Crippen molar-refractivity contribution in [1.29, 1.82) is 5.41 Å². The molecule has 1 rings (SSSR count). The van der Waals surface area contributed by atoms with Gasteiger partial charge in [0.05, 0.1) is 6.21 Å². The second-order valence-electron chi connectivity index (χ2n) is 4.26. The van der Waals surface area contributed by atoms with Crippen LogP contribution in [0.3, 0.4) is 0 Å². The lowest BCUT2D eigenvalue weighted by atomic mass is 10.1. The maximum Gasteiger partial charge on any atom is 0.407 e. The Morgan fingerprint density at radius 2 is 2.05 bits per heavy atom. The Morgan fingerprint density at radius 1 is 1.37 bits per heavy atom. The molecule has 5 heteroatoms. The molecule has 0 saturated heterocycles. The largest absolute Gasteiger partial charge is 0.445 e. The van der Waals surface area contributed by atoms with Gasteiger partial charge in [-0.1, -0.05) is 30.3 Å². The highest BCUT2D eigenvalue weighted by molar-refractivity contribution is 6.26. The molecule has 0 bridgehead atoms. The molecule has 0 spiro atoms. The number of ether oxygens (including phenoxy) is 1. The molecule has 0 aromatic heterocycles. The van der Waals surface area contributed by atoms with Gasteiger partial charge < -0.3 is 15.5 Å². The van der Waals surface area contributed by atoms with Crippen LogP contribution < -0.4 is 5.32 Å². The average molecular weight is 262 g/mol. The third-order valence-corrected chi connectivity index (χ3v) is 2.56. The Bertz CT molecular complexity index is 432. The van der Waals surface area contributed by atoms with E-state index in [1.54, 1.807) is 6.92 Å². The molecule has 102 valence electrons. The van der Waals surface area contributed by atoms with E-state index in [2.05, 4.69) is 5.32 Å². The van der Waals surface area contributed by atoms with E-state index in [0.717, 1.165) is 11.8 Å². The predicted octanol–water partition coefficient (Wildman–Crippen LogP) is 2.30. The van der Waals surface area contributed by atoms with Crippen molar-refractivity contribution < 1.29 is 14.3 Å². The summed E-state index contributed by atoms with van der Waals surface area (Å²) in [4.78, 5) is 22.4. The second-order valence-corrected chi connectivity index (χ2v) is 4.26. The van der Waals surface area contributed by atoms with E-state index in [0.29, 0.717) is 6.42 Å². The first-order valence-corrected chi connectivity index (χ1v) is 6.12. The predicted molar refractivity (Wildman–Crippen MR) is 72.2 cm³/mol. The summed E-state index contributed by atoms with van der Waals surface area (Å²) < 4.78 is 5.05. The fraction of sp³-hybridized carbons (Fsp3) is 0.357.